The predicted octanol–water partition coefficient (Wildman–Crippen LogP) is 13.3. The highest BCUT2D eigenvalue weighted by atomic mass is 15.0. The van der Waals surface area contributed by atoms with E-state index >= 15 is 0 Å². The van der Waals surface area contributed by atoms with Crippen molar-refractivity contribution in [2.24, 2.45) is 0 Å². The number of nitrogens with zero attached hydrogens (tertiary/aromatic N) is 3. The van der Waals surface area contributed by atoms with Gasteiger partial charge in [-0.25, -0.2) is 15.0 Å². The number of benzene rings is 9. The van der Waals surface area contributed by atoms with E-state index in [1.807, 2.05) is 60.7 Å². The quantitative estimate of drug-likeness (QED) is 0.163. The van der Waals surface area contributed by atoms with Crippen molar-refractivity contribution in [3.63, 3.8) is 0 Å². The molecule has 54 heavy (non-hydrogen) atoms. The Kier molecular flexibility index (Phi) is 7.81. The van der Waals surface area contributed by atoms with E-state index in [0.29, 0.717) is 17.5 Å². The van der Waals surface area contributed by atoms with Crippen LogP contribution in [0.3, 0.4) is 0 Å². The molecule has 0 aliphatic carbocycles. The maximum atomic E-state index is 5.10. The molecular formula is C51H33N3. The zero-order valence-corrected chi connectivity index (χ0v) is 29.4. The summed E-state index contributed by atoms with van der Waals surface area (Å²) in [5.74, 6) is 1.93. The third-order valence-corrected chi connectivity index (χ3v) is 10.3. The lowest BCUT2D eigenvalue weighted by Gasteiger charge is -2.19. The highest BCUT2D eigenvalue weighted by Gasteiger charge is 2.20. The molecule has 1 heterocycles. The van der Waals surface area contributed by atoms with Crippen LogP contribution >= 0.6 is 0 Å². The summed E-state index contributed by atoms with van der Waals surface area (Å²) in [6.45, 7) is 0. The Morgan fingerprint density at radius 1 is 0.222 bits per heavy atom. The molecule has 0 aliphatic rings. The van der Waals surface area contributed by atoms with Crippen molar-refractivity contribution in [3.8, 4) is 67.5 Å². The molecule has 0 unspecified atom stereocenters. The second-order valence-corrected chi connectivity index (χ2v) is 13.6. The van der Waals surface area contributed by atoms with Gasteiger partial charge < -0.3 is 0 Å². The van der Waals surface area contributed by atoms with Crippen LogP contribution in [0.15, 0.2) is 200 Å². The van der Waals surface area contributed by atoms with Crippen molar-refractivity contribution in [2.45, 2.75) is 0 Å². The first kappa shape index (κ1) is 31.5. The molecule has 0 bridgehead atoms. The summed E-state index contributed by atoms with van der Waals surface area (Å²) in [6.07, 6.45) is 0. The predicted molar refractivity (Wildman–Crippen MR) is 225 cm³/mol. The number of aromatic nitrogens is 3. The fourth-order valence-corrected chi connectivity index (χ4v) is 7.69. The van der Waals surface area contributed by atoms with E-state index in [0.717, 1.165) is 27.6 Å². The van der Waals surface area contributed by atoms with Crippen LogP contribution in [0, 0.1) is 0 Å². The maximum Gasteiger partial charge on any atom is 0.164 e. The van der Waals surface area contributed by atoms with Gasteiger partial charge in [0.1, 0.15) is 0 Å². The number of fused-ring (bicyclic) bond motifs is 3. The summed E-state index contributed by atoms with van der Waals surface area (Å²) in [7, 11) is 0. The highest BCUT2D eigenvalue weighted by Crippen LogP contribution is 2.46. The SMILES string of the molecule is c1ccc(-c2nc(-c3ccccc3)nc(-c3ccc4c(-c5ccccc5)c5cc(-c6ccc7ccccc7c6)ccc5c(-c5ccccc5)c4c3)n2)cc1. The van der Waals surface area contributed by atoms with Crippen LogP contribution in [0.1, 0.15) is 0 Å². The normalized spacial score (nSPS) is 11.3. The maximum absolute atomic E-state index is 5.10. The largest absolute Gasteiger partial charge is 0.208 e. The third kappa shape index (κ3) is 5.69. The van der Waals surface area contributed by atoms with E-state index in [2.05, 4.69) is 140 Å². The first-order valence-electron chi connectivity index (χ1n) is 18.3. The molecule has 0 radical (unpaired) electrons. The van der Waals surface area contributed by atoms with E-state index in [4.69, 9.17) is 15.0 Å². The summed E-state index contributed by atoms with van der Waals surface area (Å²) in [4.78, 5) is 15.1. The summed E-state index contributed by atoms with van der Waals surface area (Å²) >= 11 is 0. The molecule has 0 saturated carbocycles. The van der Waals surface area contributed by atoms with E-state index < -0.39 is 0 Å². The molecule has 9 aromatic carbocycles. The minimum Gasteiger partial charge on any atom is -0.208 e. The number of rotatable bonds is 6. The fraction of sp³-hybridized carbons (Fsp3) is 0. The molecule has 3 nitrogen and oxygen atoms in total. The van der Waals surface area contributed by atoms with Crippen molar-refractivity contribution in [2.75, 3.05) is 0 Å². The van der Waals surface area contributed by atoms with Gasteiger partial charge in [0.2, 0.25) is 0 Å². The Bertz CT molecular complexity index is 2900. The lowest BCUT2D eigenvalue weighted by Crippen LogP contribution is -2.00. The minimum absolute atomic E-state index is 0.636. The van der Waals surface area contributed by atoms with E-state index in [9.17, 15) is 0 Å². The summed E-state index contributed by atoms with van der Waals surface area (Å²) in [5.41, 5.74) is 9.95. The molecule has 0 fully saturated rings. The van der Waals surface area contributed by atoms with Gasteiger partial charge in [0, 0.05) is 16.7 Å². The first-order valence-corrected chi connectivity index (χ1v) is 18.3. The average molecular weight is 688 g/mol. The van der Waals surface area contributed by atoms with Crippen molar-refractivity contribution in [3.05, 3.63) is 200 Å². The van der Waals surface area contributed by atoms with Gasteiger partial charge >= 0.3 is 0 Å². The second kappa shape index (κ2) is 13.4. The molecular weight excluding hydrogens is 655 g/mol. The summed E-state index contributed by atoms with van der Waals surface area (Å²) < 4.78 is 0. The lowest BCUT2D eigenvalue weighted by molar-refractivity contribution is 1.07. The molecule has 0 amide bonds. The Morgan fingerprint density at radius 2 is 0.593 bits per heavy atom. The lowest BCUT2D eigenvalue weighted by atomic mass is 9.84. The van der Waals surface area contributed by atoms with Gasteiger partial charge in [-0.15, -0.1) is 0 Å². The van der Waals surface area contributed by atoms with E-state index in [1.165, 1.54) is 54.7 Å². The van der Waals surface area contributed by atoms with Gasteiger partial charge in [0.15, 0.2) is 17.5 Å². The smallest absolute Gasteiger partial charge is 0.164 e. The number of hydrogen-bond donors (Lipinski definition) is 0. The zero-order chi connectivity index (χ0) is 35.8. The van der Waals surface area contributed by atoms with Crippen LogP contribution in [0.2, 0.25) is 0 Å². The van der Waals surface area contributed by atoms with Crippen LogP contribution in [-0.2, 0) is 0 Å². The van der Waals surface area contributed by atoms with E-state index in [-0.39, 0.29) is 0 Å². The fourth-order valence-electron chi connectivity index (χ4n) is 7.69. The summed E-state index contributed by atoms with van der Waals surface area (Å²) in [5, 5.41) is 7.20. The standard InChI is InChI=1S/C51H33N3/c1-5-16-35(17-6-1)47-44-30-28-42(51-53-49(37-20-9-3-10-21-37)52-50(54-51)38-22-11-4-12-23-38)33-46(44)48(36-18-7-2-8-19-36)43-29-27-41(32-45(43)47)40-26-25-34-15-13-14-24-39(34)31-40/h1-33H. The molecule has 0 spiro atoms. The molecule has 3 heteroatoms. The van der Waals surface area contributed by atoms with Gasteiger partial charge in [0.25, 0.3) is 0 Å². The topological polar surface area (TPSA) is 38.7 Å². The van der Waals surface area contributed by atoms with Gasteiger partial charge in [-0.2, -0.15) is 0 Å². The van der Waals surface area contributed by atoms with Gasteiger partial charge in [-0.3, -0.25) is 0 Å². The van der Waals surface area contributed by atoms with Crippen LogP contribution in [0.5, 0.6) is 0 Å². The van der Waals surface area contributed by atoms with Crippen LogP contribution in [0.25, 0.3) is 99.9 Å². The average Bonchev–Trinajstić information content (AvgIpc) is 3.26. The van der Waals surface area contributed by atoms with Crippen molar-refractivity contribution in [1.29, 1.82) is 0 Å². The van der Waals surface area contributed by atoms with Crippen molar-refractivity contribution in [1.82, 2.24) is 15.0 Å². The number of hydrogen-bond acceptors (Lipinski definition) is 3. The third-order valence-electron chi connectivity index (χ3n) is 10.3. The molecule has 0 atom stereocenters. The monoisotopic (exact) mass is 687 g/mol. The second-order valence-electron chi connectivity index (χ2n) is 13.6. The molecule has 1 aromatic heterocycles. The molecule has 10 rings (SSSR count). The van der Waals surface area contributed by atoms with Crippen LogP contribution in [0.4, 0.5) is 0 Å². The molecule has 10 aromatic rings. The van der Waals surface area contributed by atoms with Crippen molar-refractivity contribution >= 4 is 32.3 Å². The van der Waals surface area contributed by atoms with Gasteiger partial charge in [-0.05, 0) is 83.9 Å². The van der Waals surface area contributed by atoms with Crippen molar-refractivity contribution < 1.29 is 0 Å². The van der Waals surface area contributed by atoms with Gasteiger partial charge in [-0.1, -0.05) is 182 Å². The Labute approximate surface area is 313 Å². The van der Waals surface area contributed by atoms with Gasteiger partial charge in [0.05, 0.1) is 0 Å². The van der Waals surface area contributed by atoms with E-state index in [1.54, 1.807) is 0 Å². The Balaban J connectivity index is 1.26. The minimum atomic E-state index is 0.636. The molecule has 0 N–H and O–H groups in total. The molecule has 0 aliphatic heterocycles. The van der Waals surface area contributed by atoms with Crippen LogP contribution in [-0.4, -0.2) is 15.0 Å². The molecule has 0 saturated heterocycles. The zero-order valence-electron chi connectivity index (χ0n) is 29.4. The summed E-state index contributed by atoms with van der Waals surface area (Å²) in [6, 6.07) is 70.8. The Hall–Kier alpha value is -7.23. The van der Waals surface area contributed by atoms with Crippen LogP contribution < -0.4 is 0 Å². The molecule has 252 valence electrons. The Morgan fingerprint density at radius 3 is 1.11 bits per heavy atom. The first-order chi connectivity index (χ1) is 26.8. The highest BCUT2D eigenvalue weighted by molar-refractivity contribution is 6.22.